The fourth-order valence-corrected chi connectivity index (χ4v) is 5.40. The van der Waals surface area contributed by atoms with Gasteiger partial charge in [-0.15, -0.1) is 0 Å². The lowest BCUT2D eigenvalue weighted by Gasteiger charge is -2.40. The molecule has 1 heterocycles. The summed E-state index contributed by atoms with van der Waals surface area (Å²) in [6, 6.07) is 16.1. The maximum atomic E-state index is 12.5. The maximum Gasteiger partial charge on any atom is 0.338 e. The fourth-order valence-electron chi connectivity index (χ4n) is 5.40. The van der Waals surface area contributed by atoms with E-state index in [2.05, 4.69) is 0 Å². The standard InChI is InChI=1S/C34H42O13/c1-42-24-8-6-21(7-9-24)33(41)45-18-29-30(38)31(39)32(40)34(47-29)46-26-11-5-20(15-28(26)44-3)13-23(17-36)22(16-35)12-19-4-10-25(37)27(14-19)43-2/h4-11,14-15,22-23,29-32,34-40H,12-13,16-18H2,1-3H3. The van der Waals surface area contributed by atoms with Crippen LogP contribution in [0.15, 0.2) is 60.7 Å². The van der Waals surface area contributed by atoms with Crippen molar-refractivity contribution < 1.29 is 63.9 Å². The zero-order valence-corrected chi connectivity index (χ0v) is 26.4. The summed E-state index contributed by atoms with van der Waals surface area (Å²) in [5.74, 6) is -0.0342. The van der Waals surface area contributed by atoms with E-state index in [1.807, 2.05) is 0 Å². The molecular weight excluding hydrogens is 616 g/mol. The Morgan fingerprint density at radius 2 is 1.34 bits per heavy atom. The zero-order chi connectivity index (χ0) is 34.1. The molecule has 13 nitrogen and oxygen atoms in total. The molecule has 7 atom stereocenters. The number of phenols is 1. The molecular formula is C34H42O13. The first-order valence-electron chi connectivity index (χ1n) is 15.0. The number of carbonyl (C=O) groups excluding carboxylic acids is 1. The SMILES string of the molecule is COc1ccc(C(=O)OCC2OC(Oc3ccc(CC(CO)C(CO)Cc4ccc(O)c(OC)c4)cc3OC)C(O)C(O)C2O)cc1. The van der Waals surface area contributed by atoms with Crippen molar-refractivity contribution in [2.24, 2.45) is 11.8 Å². The Balaban J connectivity index is 1.42. The molecule has 0 saturated carbocycles. The normalized spacial score (nSPS) is 22.2. The van der Waals surface area contributed by atoms with Gasteiger partial charge in [0, 0.05) is 13.2 Å². The highest BCUT2D eigenvalue weighted by atomic mass is 16.7. The van der Waals surface area contributed by atoms with Crippen LogP contribution in [-0.4, -0.2) is 108 Å². The van der Waals surface area contributed by atoms with E-state index in [1.54, 1.807) is 42.5 Å². The topological polar surface area (TPSA) is 194 Å². The van der Waals surface area contributed by atoms with Gasteiger partial charge in [-0.2, -0.15) is 0 Å². The smallest absolute Gasteiger partial charge is 0.338 e. The van der Waals surface area contributed by atoms with Crippen LogP contribution in [0, 0.1) is 11.8 Å². The van der Waals surface area contributed by atoms with Crippen LogP contribution in [0.5, 0.6) is 28.7 Å². The van der Waals surface area contributed by atoms with Crippen molar-refractivity contribution in [2.45, 2.75) is 43.5 Å². The summed E-state index contributed by atoms with van der Waals surface area (Å²) >= 11 is 0. The van der Waals surface area contributed by atoms with E-state index in [4.69, 9.17) is 28.4 Å². The Labute approximate surface area is 272 Å². The van der Waals surface area contributed by atoms with E-state index in [-0.39, 0.29) is 47.9 Å². The molecule has 0 aliphatic carbocycles. The van der Waals surface area contributed by atoms with E-state index < -0.39 is 43.3 Å². The number of aromatic hydroxyl groups is 1. The van der Waals surface area contributed by atoms with Crippen LogP contribution >= 0.6 is 0 Å². The van der Waals surface area contributed by atoms with E-state index >= 15 is 0 Å². The van der Waals surface area contributed by atoms with Gasteiger partial charge < -0.3 is 59.1 Å². The molecule has 1 fully saturated rings. The van der Waals surface area contributed by atoms with Crippen molar-refractivity contribution in [3.8, 4) is 28.7 Å². The van der Waals surface area contributed by atoms with Gasteiger partial charge in [0.1, 0.15) is 36.8 Å². The third kappa shape index (κ3) is 8.83. The summed E-state index contributed by atoms with van der Waals surface area (Å²) in [4.78, 5) is 12.5. The Morgan fingerprint density at radius 1 is 0.745 bits per heavy atom. The lowest BCUT2D eigenvalue weighted by molar-refractivity contribution is -0.277. The minimum absolute atomic E-state index is 0.00502. The Kier molecular flexibility index (Phi) is 12.6. The second-order valence-electron chi connectivity index (χ2n) is 11.2. The lowest BCUT2D eigenvalue weighted by Crippen LogP contribution is -2.60. The molecule has 3 aromatic rings. The van der Waals surface area contributed by atoms with Crippen LogP contribution in [0.2, 0.25) is 0 Å². The molecule has 0 amide bonds. The van der Waals surface area contributed by atoms with Gasteiger partial charge >= 0.3 is 5.97 Å². The monoisotopic (exact) mass is 658 g/mol. The molecule has 47 heavy (non-hydrogen) atoms. The van der Waals surface area contributed by atoms with Gasteiger partial charge in [0.2, 0.25) is 6.29 Å². The summed E-state index contributed by atoms with van der Waals surface area (Å²) in [7, 11) is 4.37. The second-order valence-corrected chi connectivity index (χ2v) is 11.2. The van der Waals surface area contributed by atoms with Crippen LogP contribution < -0.4 is 18.9 Å². The molecule has 1 saturated heterocycles. The van der Waals surface area contributed by atoms with Gasteiger partial charge in [0.15, 0.2) is 23.0 Å². The molecule has 4 rings (SSSR count). The Hall–Kier alpha value is -4.11. The highest BCUT2D eigenvalue weighted by Crippen LogP contribution is 2.34. The number of phenolic OH excluding ortho intramolecular Hbond substituents is 1. The van der Waals surface area contributed by atoms with Crippen molar-refractivity contribution in [1.29, 1.82) is 0 Å². The molecule has 3 aromatic carbocycles. The quantitative estimate of drug-likeness (QED) is 0.129. The second kappa shape index (κ2) is 16.6. The van der Waals surface area contributed by atoms with Gasteiger partial charge in [0.05, 0.1) is 26.9 Å². The average Bonchev–Trinajstić information content (AvgIpc) is 3.10. The number of benzene rings is 3. The molecule has 256 valence electrons. The number of ether oxygens (including phenoxy) is 6. The molecule has 7 unspecified atom stereocenters. The first-order valence-corrected chi connectivity index (χ1v) is 15.0. The summed E-state index contributed by atoms with van der Waals surface area (Å²) in [6.07, 6.45) is -6.76. The van der Waals surface area contributed by atoms with Crippen LogP contribution in [0.4, 0.5) is 0 Å². The number of aliphatic hydroxyl groups excluding tert-OH is 5. The van der Waals surface area contributed by atoms with E-state index in [9.17, 15) is 35.4 Å². The third-order valence-electron chi connectivity index (χ3n) is 8.22. The number of esters is 1. The summed E-state index contributed by atoms with van der Waals surface area (Å²) in [5.41, 5.74) is 1.83. The fraction of sp³-hybridized carbons (Fsp3) is 0.441. The maximum absolute atomic E-state index is 12.5. The first kappa shape index (κ1) is 35.7. The lowest BCUT2D eigenvalue weighted by atomic mass is 9.83. The van der Waals surface area contributed by atoms with Gasteiger partial charge in [-0.05, 0) is 84.3 Å². The largest absolute Gasteiger partial charge is 0.504 e. The van der Waals surface area contributed by atoms with Crippen molar-refractivity contribution in [3.63, 3.8) is 0 Å². The average molecular weight is 659 g/mol. The Bertz CT molecular complexity index is 1450. The van der Waals surface area contributed by atoms with E-state index in [0.717, 1.165) is 11.1 Å². The van der Waals surface area contributed by atoms with Crippen molar-refractivity contribution in [2.75, 3.05) is 41.2 Å². The van der Waals surface area contributed by atoms with Crippen LogP contribution in [-0.2, 0) is 22.3 Å². The number of methoxy groups -OCH3 is 3. The molecule has 0 spiro atoms. The molecule has 0 bridgehead atoms. The first-order chi connectivity index (χ1) is 22.6. The van der Waals surface area contributed by atoms with E-state index in [0.29, 0.717) is 24.3 Å². The number of hydrogen-bond acceptors (Lipinski definition) is 13. The van der Waals surface area contributed by atoms with Gasteiger partial charge in [0.25, 0.3) is 0 Å². The number of carbonyl (C=O) groups is 1. The predicted molar refractivity (Wildman–Crippen MR) is 167 cm³/mol. The summed E-state index contributed by atoms with van der Waals surface area (Å²) in [5, 5.41) is 61.9. The Morgan fingerprint density at radius 3 is 1.91 bits per heavy atom. The number of aliphatic hydroxyl groups is 5. The number of rotatable bonds is 15. The molecule has 13 heteroatoms. The molecule has 0 radical (unpaired) electrons. The van der Waals surface area contributed by atoms with Crippen molar-refractivity contribution in [3.05, 3.63) is 77.4 Å². The predicted octanol–water partition coefficient (Wildman–Crippen LogP) is 1.46. The summed E-state index contributed by atoms with van der Waals surface area (Å²) in [6.45, 7) is -0.820. The van der Waals surface area contributed by atoms with Gasteiger partial charge in [-0.25, -0.2) is 4.79 Å². The van der Waals surface area contributed by atoms with Crippen LogP contribution in [0.25, 0.3) is 0 Å². The van der Waals surface area contributed by atoms with Crippen molar-refractivity contribution in [1.82, 2.24) is 0 Å². The third-order valence-corrected chi connectivity index (χ3v) is 8.22. The minimum Gasteiger partial charge on any atom is -0.504 e. The molecule has 0 aromatic heterocycles. The highest BCUT2D eigenvalue weighted by Gasteiger charge is 2.45. The minimum atomic E-state index is -1.67. The van der Waals surface area contributed by atoms with Crippen LogP contribution in [0.1, 0.15) is 21.5 Å². The molecule has 1 aliphatic heterocycles. The zero-order valence-electron chi connectivity index (χ0n) is 26.4. The number of hydrogen-bond donors (Lipinski definition) is 6. The van der Waals surface area contributed by atoms with Gasteiger partial charge in [-0.1, -0.05) is 12.1 Å². The highest BCUT2D eigenvalue weighted by molar-refractivity contribution is 5.89. The van der Waals surface area contributed by atoms with Crippen molar-refractivity contribution >= 4 is 5.97 Å². The molecule has 6 N–H and O–H groups in total. The molecule has 1 aliphatic rings. The van der Waals surface area contributed by atoms with Gasteiger partial charge in [-0.3, -0.25) is 0 Å². The summed E-state index contributed by atoms with van der Waals surface area (Å²) < 4.78 is 32.7. The van der Waals surface area contributed by atoms with E-state index in [1.165, 1.54) is 39.5 Å². The van der Waals surface area contributed by atoms with Crippen LogP contribution in [0.3, 0.4) is 0 Å².